The van der Waals surface area contributed by atoms with Crippen molar-refractivity contribution in [2.45, 2.75) is 39.7 Å². The van der Waals surface area contributed by atoms with Gasteiger partial charge in [0.05, 0.1) is 18.0 Å². The Morgan fingerprint density at radius 1 is 1.14 bits per heavy atom. The highest BCUT2D eigenvalue weighted by Gasteiger charge is 2.20. The molecule has 0 aromatic heterocycles. The fourth-order valence-electron chi connectivity index (χ4n) is 3.00. The number of benzene rings is 2. The van der Waals surface area contributed by atoms with Gasteiger partial charge in [-0.3, -0.25) is 9.10 Å². The van der Waals surface area contributed by atoms with Crippen LogP contribution >= 0.6 is 0 Å². The van der Waals surface area contributed by atoms with Gasteiger partial charge < -0.3 is 5.32 Å². The molecule has 1 N–H and O–H groups in total. The number of aryl methyl sites for hydroxylation is 1. The molecule has 0 bridgehead atoms. The van der Waals surface area contributed by atoms with E-state index in [0.717, 1.165) is 16.7 Å². The Bertz CT molecular complexity index is 927. The Morgan fingerprint density at radius 3 is 2.39 bits per heavy atom. The van der Waals surface area contributed by atoms with Gasteiger partial charge >= 0.3 is 0 Å². The van der Waals surface area contributed by atoms with Gasteiger partial charge in [-0.25, -0.2) is 12.8 Å². The van der Waals surface area contributed by atoms with Crippen LogP contribution in [-0.4, -0.2) is 27.1 Å². The lowest BCUT2D eigenvalue weighted by Crippen LogP contribution is -2.33. The molecule has 2 rings (SSSR count). The monoisotopic (exact) mass is 406 g/mol. The molecule has 2 aromatic rings. The largest absolute Gasteiger partial charge is 0.350 e. The molecule has 5 nitrogen and oxygen atoms in total. The molecular formula is C21H27FN2O3S. The van der Waals surface area contributed by atoms with Gasteiger partial charge in [-0.15, -0.1) is 0 Å². The molecule has 0 aliphatic heterocycles. The molecule has 152 valence electrons. The van der Waals surface area contributed by atoms with Crippen LogP contribution in [0.3, 0.4) is 0 Å². The Balaban J connectivity index is 1.97. The van der Waals surface area contributed by atoms with Crippen molar-refractivity contribution in [1.82, 2.24) is 5.32 Å². The summed E-state index contributed by atoms with van der Waals surface area (Å²) in [6.45, 7) is 5.87. The van der Waals surface area contributed by atoms with E-state index in [1.54, 1.807) is 18.2 Å². The SMILES string of the molecule is Cc1cccc(N(CCCC(=O)NC(C)c2ccc(F)cc2)S(C)(=O)=O)c1C. The molecule has 0 heterocycles. The van der Waals surface area contributed by atoms with E-state index in [2.05, 4.69) is 5.32 Å². The van der Waals surface area contributed by atoms with Crippen molar-refractivity contribution in [3.8, 4) is 0 Å². The predicted octanol–water partition coefficient (Wildman–Crippen LogP) is 3.87. The molecule has 0 spiro atoms. The lowest BCUT2D eigenvalue weighted by atomic mass is 10.1. The third-order valence-corrected chi connectivity index (χ3v) is 5.94. The van der Waals surface area contributed by atoms with E-state index in [9.17, 15) is 17.6 Å². The number of rotatable bonds is 8. The van der Waals surface area contributed by atoms with Crippen LogP contribution in [0.1, 0.15) is 42.5 Å². The summed E-state index contributed by atoms with van der Waals surface area (Å²) in [6.07, 6.45) is 1.76. The van der Waals surface area contributed by atoms with Crippen molar-refractivity contribution < 1.29 is 17.6 Å². The van der Waals surface area contributed by atoms with Crippen LogP contribution in [0.2, 0.25) is 0 Å². The average molecular weight is 407 g/mol. The molecule has 0 saturated carbocycles. The van der Waals surface area contributed by atoms with Gasteiger partial charge in [-0.2, -0.15) is 0 Å². The molecule has 2 aromatic carbocycles. The highest BCUT2D eigenvalue weighted by atomic mass is 32.2. The molecular weight excluding hydrogens is 379 g/mol. The maximum atomic E-state index is 13.0. The lowest BCUT2D eigenvalue weighted by molar-refractivity contribution is -0.121. The van der Waals surface area contributed by atoms with Gasteiger partial charge in [0.1, 0.15) is 5.82 Å². The zero-order valence-electron chi connectivity index (χ0n) is 16.7. The van der Waals surface area contributed by atoms with Crippen molar-refractivity contribution >= 4 is 21.6 Å². The number of carbonyl (C=O) groups excluding carboxylic acids is 1. The van der Waals surface area contributed by atoms with Gasteiger partial charge in [0.15, 0.2) is 0 Å². The summed E-state index contributed by atoms with van der Waals surface area (Å²) in [4.78, 5) is 12.2. The quantitative estimate of drug-likeness (QED) is 0.724. The number of carbonyl (C=O) groups is 1. The van der Waals surface area contributed by atoms with Crippen LogP contribution in [0.5, 0.6) is 0 Å². The maximum Gasteiger partial charge on any atom is 0.232 e. The van der Waals surface area contributed by atoms with Gasteiger partial charge in [0.2, 0.25) is 15.9 Å². The average Bonchev–Trinajstić information content (AvgIpc) is 2.61. The van der Waals surface area contributed by atoms with Crippen LogP contribution in [0.4, 0.5) is 10.1 Å². The summed E-state index contributed by atoms with van der Waals surface area (Å²) in [5.74, 6) is -0.499. The summed E-state index contributed by atoms with van der Waals surface area (Å²) in [5, 5.41) is 2.86. The number of nitrogens with zero attached hydrogens (tertiary/aromatic N) is 1. The van der Waals surface area contributed by atoms with E-state index in [1.807, 2.05) is 32.9 Å². The molecule has 0 aliphatic carbocycles. The fourth-order valence-corrected chi connectivity index (χ4v) is 4.02. The van der Waals surface area contributed by atoms with E-state index in [0.29, 0.717) is 12.1 Å². The van der Waals surface area contributed by atoms with Crippen LogP contribution in [0.25, 0.3) is 0 Å². The topological polar surface area (TPSA) is 66.5 Å². The number of amides is 1. The predicted molar refractivity (Wildman–Crippen MR) is 110 cm³/mol. The molecule has 0 fully saturated rings. The van der Waals surface area contributed by atoms with E-state index >= 15 is 0 Å². The zero-order chi connectivity index (χ0) is 20.9. The normalized spacial score (nSPS) is 12.5. The first-order chi connectivity index (χ1) is 13.1. The number of hydrogen-bond donors (Lipinski definition) is 1. The number of hydrogen-bond acceptors (Lipinski definition) is 3. The summed E-state index contributed by atoms with van der Waals surface area (Å²) < 4.78 is 38.9. The number of nitrogens with one attached hydrogen (secondary N) is 1. The van der Waals surface area contributed by atoms with Crippen molar-refractivity contribution in [1.29, 1.82) is 0 Å². The number of sulfonamides is 1. The smallest absolute Gasteiger partial charge is 0.232 e. The van der Waals surface area contributed by atoms with Crippen LogP contribution in [0, 0.1) is 19.7 Å². The van der Waals surface area contributed by atoms with Crippen molar-refractivity contribution in [3.05, 3.63) is 65.0 Å². The van der Waals surface area contributed by atoms with Gasteiger partial charge in [-0.1, -0.05) is 24.3 Å². The summed E-state index contributed by atoms with van der Waals surface area (Å²) in [5.41, 5.74) is 3.37. The summed E-state index contributed by atoms with van der Waals surface area (Å²) in [6, 6.07) is 11.3. The summed E-state index contributed by atoms with van der Waals surface area (Å²) in [7, 11) is -3.46. The number of halogens is 1. The van der Waals surface area contributed by atoms with E-state index < -0.39 is 10.0 Å². The minimum Gasteiger partial charge on any atom is -0.350 e. The third kappa shape index (κ3) is 5.79. The Morgan fingerprint density at radius 2 is 1.79 bits per heavy atom. The molecule has 0 aliphatic rings. The van der Waals surface area contributed by atoms with Crippen molar-refractivity contribution in [2.24, 2.45) is 0 Å². The molecule has 7 heteroatoms. The van der Waals surface area contributed by atoms with Crippen LogP contribution in [0.15, 0.2) is 42.5 Å². The van der Waals surface area contributed by atoms with Crippen LogP contribution in [-0.2, 0) is 14.8 Å². The van der Waals surface area contributed by atoms with Crippen molar-refractivity contribution in [2.75, 3.05) is 17.1 Å². The molecule has 1 unspecified atom stereocenters. The third-order valence-electron chi connectivity index (χ3n) is 4.76. The van der Waals surface area contributed by atoms with Gasteiger partial charge in [0, 0.05) is 13.0 Å². The standard InChI is InChI=1S/C21H27FN2O3S/c1-15-7-5-8-20(16(15)2)24(28(4,26)27)14-6-9-21(25)23-17(3)18-10-12-19(22)13-11-18/h5,7-8,10-13,17H,6,9,14H2,1-4H3,(H,23,25). The summed E-state index contributed by atoms with van der Waals surface area (Å²) >= 11 is 0. The van der Waals surface area contributed by atoms with E-state index in [4.69, 9.17) is 0 Å². The zero-order valence-corrected chi connectivity index (χ0v) is 17.5. The Labute approximate surface area is 166 Å². The van der Waals surface area contributed by atoms with Crippen molar-refractivity contribution in [3.63, 3.8) is 0 Å². The highest BCUT2D eigenvalue weighted by molar-refractivity contribution is 7.92. The number of anilines is 1. The molecule has 0 saturated heterocycles. The molecule has 1 atom stereocenters. The second kappa shape index (κ2) is 9.19. The van der Waals surface area contributed by atoms with Gasteiger partial charge in [0.25, 0.3) is 0 Å². The Kier molecular flexibility index (Phi) is 7.18. The first-order valence-electron chi connectivity index (χ1n) is 9.18. The lowest BCUT2D eigenvalue weighted by Gasteiger charge is -2.25. The maximum absolute atomic E-state index is 13.0. The second-order valence-electron chi connectivity index (χ2n) is 7.00. The molecule has 28 heavy (non-hydrogen) atoms. The van der Waals surface area contributed by atoms with E-state index in [-0.39, 0.29) is 30.7 Å². The van der Waals surface area contributed by atoms with Crippen LogP contribution < -0.4 is 9.62 Å². The fraction of sp³-hybridized carbons (Fsp3) is 0.381. The van der Waals surface area contributed by atoms with E-state index in [1.165, 1.54) is 22.7 Å². The second-order valence-corrected chi connectivity index (χ2v) is 8.91. The first-order valence-corrected chi connectivity index (χ1v) is 11.0. The molecule has 1 amide bonds. The molecule has 0 radical (unpaired) electrons. The van der Waals surface area contributed by atoms with Gasteiger partial charge in [-0.05, 0) is 62.1 Å². The highest BCUT2D eigenvalue weighted by Crippen LogP contribution is 2.25. The first kappa shape index (κ1) is 21.9. The minimum absolute atomic E-state index is 0.175. The minimum atomic E-state index is -3.46. The Hall–Kier alpha value is -2.41.